The zero-order chi connectivity index (χ0) is 11.5. The second-order valence-corrected chi connectivity index (χ2v) is 4.18. The number of carbonyl (C=O) groups excluding carboxylic acids is 1. The van der Waals surface area contributed by atoms with Crippen molar-refractivity contribution in [1.29, 1.82) is 0 Å². The van der Waals surface area contributed by atoms with Crippen LogP contribution in [-0.2, 0) is 4.74 Å². The maximum atomic E-state index is 12.2. The molecule has 0 amide bonds. The van der Waals surface area contributed by atoms with Crippen LogP contribution in [0, 0.1) is 13.8 Å². The summed E-state index contributed by atoms with van der Waals surface area (Å²) < 4.78 is 5.48. The maximum Gasteiger partial charge on any atom is 0.193 e. The van der Waals surface area contributed by atoms with Gasteiger partial charge in [-0.3, -0.25) is 4.79 Å². The minimum Gasteiger partial charge on any atom is -0.367 e. The van der Waals surface area contributed by atoms with E-state index in [1.807, 2.05) is 32.0 Å². The third-order valence-electron chi connectivity index (χ3n) is 3.09. The fourth-order valence-corrected chi connectivity index (χ4v) is 1.93. The van der Waals surface area contributed by atoms with E-state index in [1.54, 1.807) is 0 Å². The van der Waals surface area contributed by atoms with Crippen molar-refractivity contribution in [1.82, 2.24) is 5.32 Å². The average molecular weight is 219 g/mol. The van der Waals surface area contributed by atoms with Gasteiger partial charge in [-0.15, -0.1) is 0 Å². The molecule has 1 aromatic rings. The van der Waals surface area contributed by atoms with E-state index in [9.17, 15) is 4.79 Å². The van der Waals surface area contributed by atoms with Crippen LogP contribution in [0.2, 0.25) is 0 Å². The Labute approximate surface area is 95.8 Å². The third-order valence-corrected chi connectivity index (χ3v) is 3.09. The molecule has 3 heteroatoms. The van der Waals surface area contributed by atoms with Gasteiger partial charge in [0.05, 0.1) is 6.61 Å². The molecular weight excluding hydrogens is 202 g/mol. The number of carbonyl (C=O) groups is 1. The van der Waals surface area contributed by atoms with Crippen molar-refractivity contribution in [2.75, 3.05) is 19.7 Å². The van der Waals surface area contributed by atoms with Gasteiger partial charge in [-0.05, 0) is 25.0 Å². The van der Waals surface area contributed by atoms with Crippen molar-refractivity contribution in [3.63, 3.8) is 0 Å². The van der Waals surface area contributed by atoms with Crippen LogP contribution in [0.15, 0.2) is 18.2 Å². The van der Waals surface area contributed by atoms with E-state index in [2.05, 4.69) is 5.32 Å². The monoisotopic (exact) mass is 219 g/mol. The van der Waals surface area contributed by atoms with Crippen molar-refractivity contribution < 1.29 is 9.53 Å². The standard InChI is InChI=1S/C13H17NO2/c1-9-4-3-5-11(10(9)2)13(15)12-8-14-6-7-16-12/h3-5,12,14H,6-8H2,1-2H3. The van der Waals surface area contributed by atoms with Gasteiger partial charge in [-0.25, -0.2) is 0 Å². The molecule has 3 nitrogen and oxygen atoms in total. The van der Waals surface area contributed by atoms with E-state index in [1.165, 1.54) is 0 Å². The number of hydrogen-bond donors (Lipinski definition) is 1. The largest absolute Gasteiger partial charge is 0.367 e. The van der Waals surface area contributed by atoms with Crippen LogP contribution in [-0.4, -0.2) is 31.6 Å². The summed E-state index contributed by atoms with van der Waals surface area (Å²) >= 11 is 0. The number of ketones is 1. The molecule has 1 aliphatic rings. The van der Waals surface area contributed by atoms with Crippen molar-refractivity contribution in [2.45, 2.75) is 20.0 Å². The number of morpholine rings is 1. The highest BCUT2D eigenvalue weighted by molar-refractivity contribution is 6.01. The zero-order valence-electron chi connectivity index (χ0n) is 9.75. The van der Waals surface area contributed by atoms with E-state index in [-0.39, 0.29) is 11.9 Å². The Morgan fingerprint density at radius 2 is 2.25 bits per heavy atom. The van der Waals surface area contributed by atoms with Crippen LogP contribution >= 0.6 is 0 Å². The molecule has 16 heavy (non-hydrogen) atoms. The number of benzene rings is 1. The van der Waals surface area contributed by atoms with Crippen molar-refractivity contribution in [3.8, 4) is 0 Å². The zero-order valence-corrected chi connectivity index (χ0v) is 9.75. The predicted molar refractivity (Wildman–Crippen MR) is 62.9 cm³/mol. The summed E-state index contributed by atoms with van der Waals surface area (Å²) in [5.74, 6) is 0.0911. The molecule has 0 spiro atoms. The first-order valence-corrected chi connectivity index (χ1v) is 5.63. The van der Waals surface area contributed by atoms with Crippen LogP contribution in [0.4, 0.5) is 0 Å². The van der Waals surface area contributed by atoms with Crippen LogP contribution in [0.25, 0.3) is 0 Å². The predicted octanol–water partition coefficient (Wildman–Crippen LogP) is 1.47. The molecule has 0 aliphatic carbocycles. The highest BCUT2D eigenvalue weighted by Gasteiger charge is 2.24. The van der Waals surface area contributed by atoms with Crippen LogP contribution in [0.5, 0.6) is 0 Å². The molecule has 1 unspecified atom stereocenters. The van der Waals surface area contributed by atoms with Gasteiger partial charge in [0.15, 0.2) is 5.78 Å². The lowest BCUT2D eigenvalue weighted by Gasteiger charge is -2.23. The lowest BCUT2D eigenvalue weighted by molar-refractivity contribution is 0.0269. The van der Waals surface area contributed by atoms with Gasteiger partial charge in [0.2, 0.25) is 0 Å². The van der Waals surface area contributed by atoms with Gasteiger partial charge < -0.3 is 10.1 Å². The summed E-state index contributed by atoms with van der Waals surface area (Å²) in [6.45, 7) is 6.06. The third kappa shape index (κ3) is 2.15. The number of ether oxygens (including phenoxy) is 1. The number of nitrogens with one attached hydrogen (secondary N) is 1. The summed E-state index contributed by atoms with van der Waals surface area (Å²) in [5.41, 5.74) is 2.99. The summed E-state index contributed by atoms with van der Waals surface area (Å²) in [5, 5.41) is 3.17. The Bertz CT molecular complexity index is 395. The van der Waals surface area contributed by atoms with E-state index < -0.39 is 0 Å². The summed E-state index contributed by atoms with van der Waals surface area (Å²) in [6, 6.07) is 5.82. The Morgan fingerprint density at radius 3 is 2.94 bits per heavy atom. The normalized spacial score (nSPS) is 20.8. The molecule has 86 valence electrons. The minimum absolute atomic E-state index is 0.0911. The molecule has 0 radical (unpaired) electrons. The summed E-state index contributed by atoms with van der Waals surface area (Å²) in [7, 11) is 0. The van der Waals surface area contributed by atoms with Crippen LogP contribution in [0.1, 0.15) is 21.5 Å². The van der Waals surface area contributed by atoms with Crippen LogP contribution in [0.3, 0.4) is 0 Å². The fourth-order valence-electron chi connectivity index (χ4n) is 1.93. The molecule has 1 N–H and O–H groups in total. The molecule has 0 saturated carbocycles. The fraction of sp³-hybridized carbons (Fsp3) is 0.462. The summed E-state index contributed by atoms with van der Waals surface area (Å²) in [6.07, 6.45) is -0.325. The molecule has 0 bridgehead atoms. The number of aryl methyl sites for hydroxylation is 1. The number of rotatable bonds is 2. The van der Waals surface area contributed by atoms with E-state index in [4.69, 9.17) is 4.74 Å². The molecule has 1 atom stereocenters. The van der Waals surface area contributed by atoms with Crippen molar-refractivity contribution in [2.24, 2.45) is 0 Å². The van der Waals surface area contributed by atoms with E-state index in [0.717, 1.165) is 23.2 Å². The maximum absolute atomic E-state index is 12.2. The SMILES string of the molecule is Cc1cccc(C(=O)C2CNCCO2)c1C. The number of hydrogen-bond acceptors (Lipinski definition) is 3. The van der Waals surface area contributed by atoms with Crippen LogP contribution < -0.4 is 5.32 Å². The van der Waals surface area contributed by atoms with E-state index >= 15 is 0 Å². The molecular formula is C13H17NO2. The smallest absolute Gasteiger partial charge is 0.193 e. The van der Waals surface area contributed by atoms with Gasteiger partial charge in [0, 0.05) is 18.7 Å². The Kier molecular flexibility index (Phi) is 3.36. The van der Waals surface area contributed by atoms with Gasteiger partial charge in [-0.1, -0.05) is 18.2 Å². The lowest BCUT2D eigenvalue weighted by Crippen LogP contribution is -2.43. The van der Waals surface area contributed by atoms with Gasteiger partial charge >= 0.3 is 0 Å². The quantitative estimate of drug-likeness (QED) is 0.766. The summed E-state index contributed by atoms with van der Waals surface area (Å²) in [4.78, 5) is 12.2. The van der Waals surface area contributed by atoms with Gasteiger partial charge in [-0.2, -0.15) is 0 Å². The molecule has 1 fully saturated rings. The second-order valence-electron chi connectivity index (χ2n) is 4.18. The highest BCUT2D eigenvalue weighted by Crippen LogP contribution is 2.16. The Balaban J connectivity index is 2.22. The Morgan fingerprint density at radius 1 is 1.44 bits per heavy atom. The Hall–Kier alpha value is -1.19. The van der Waals surface area contributed by atoms with Crippen molar-refractivity contribution in [3.05, 3.63) is 34.9 Å². The minimum atomic E-state index is -0.325. The molecule has 1 heterocycles. The molecule has 0 aromatic heterocycles. The molecule has 1 aliphatic heterocycles. The lowest BCUT2D eigenvalue weighted by atomic mass is 9.97. The van der Waals surface area contributed by atoms with Gasteiger partial charge in [0.25, 0.3) is 0 Å². The van der Waals surface area contributed by atoms with Crippen molar-refractivity contribution >= 4 is 5.78 Å². The first-order valence-electron chi connectivity index (χ1n) is 5.63. The topological polar surface area (TPSA) is 38.3 Å². The van der Waals surface area contributed by atoms with Gasteiger partial charge in [0.1, 0.15) is 6.10 Å². The second kappa shape index (κ2) is 4.76. The average Bonchev–Trinajstić information content (AvgIpc) is 2.33. The van der Waals surface area contributed by atoms with E-state index in [0.29, 0.717) is 13.2 Å². The first-order chi connectivity index (χ1) is 7.70. The molecule has 1 saturated heterocycles. The molecule has 2 rings (SSSR count). The number of Topliss-reactive ketones (excluding diaryl/α,β-unsaturated/α-hetero) is 1. The first kappa shape index (κ1) is 11.3. The molecule has 1 aromatic carbocycles. The highest BCUT2D eigenvalue weighted by atomic mass is 16.5.